The third-order valence-corrected chi connectivity index (χ3v) is 4.00. The van der Waals surface area contributed by atoms with Crippen LogP contribution in [0.25, 0.3) is 10.3 Å². The zero-order valence-corrected chi connectivity index (χ0v) is 13.1. The van der Waals surface area contributed by atoms with Crippen LogP contribution in [0.3, 0.4) is 0 Å². The summed E-state index contributed by atoms with van der Waals surface area (Å²) in [5.41, 5.74) is -0.702. The second kappa shape index (κ2) is 6.47. The molecule has 0 saturated heterocycles. The normalized spacial score (nSPS) is 10.6. The molecule has 0 aliphatic heterocycles. The molecule has 9 nitrogen and oxygen atoms in total. The Kier molecular flexibility index (Phi) is 4.36. The second-order valence-electron chi connectivity index (χ2n) is 4.90. The summed E-state index contributed by atoms with van der Waals surface area (Å²) in [6.07, 6.45) is 0. The molecule has 3 rings (SSSR count). The van der Waals surface area contributed by atoms with Gasteiger partial charge >= 0.3 is 18.0 Å². The maximum absolute atomic E-state index is 12.2. The molecule has 1 aromatic heterocycles. The number of non-ortho nitro benzene ring substituents is 1. The third-order valence-electron chi connectivity index (χ3n) is 3.20. The highest BCUT2D eigenvalue weighted by Gasteiger charge is 2.21. The lowest BCUT2D eigenvalue weighted by Gasteiger charge is -2.06. The molecule has 0 bridgehead atoms. The van der Waals surface area contributed by atoms with Gasteiger partial charge in [-0.05, 0) is 23.7 Å². The van der Waals surface area contributed by atoms with Crippen molar-refractivity contribution in [3.63, 3.8) is 0 Å². The Hall–Kier alpha value is -3.02. The van der Waals surface area contributed by atoms with Crippen LogP contribution in [0, 0.1) is 10.1 Å². The van der Waals surface area contributed by atoms with Crippen LogP contribution >= 0.6 is 11.3 Å². The summed E-state index contributed by atoms with van der Waals surface area (Å²) in [5.74, 6) is -0.876. The SMILES string of the molecule is O=C(Oc1ccc2sc(=O)oc2c1)c1cc(B(O)O)cc([N+](=O)[O-])c1. The van der Waals surface area contributed by atoms with E-state index in [1.807, 2.05) is 0 Å². The summed E-state index contributed by atoms with van der Waals surface area (Å²) in [4.78, 5) is 33.0. The first-order chi connectivity index (χ1) is 11.8. The van der Waals surface area contributed by atoms with Crippen LogP contribution in [-0.4, -0.2) is 28.1 Å². The van der Waals surface area contributed by atoms with Crippen LogP contribution in [0.2, 0.25) is 0 Å². The number of nitrogens with zero attached hydrogens (tertiary/aromatic N) is 1. The summed E-state index contributed by atoms with van der Waals surface area (Å²) in [6.45, 7) is 0. The first kappa shape index (κ1) is 16.8. The van der Waals surface area contributed by atoms with Gasteiger partial charge in [-0.1, -0.05) is 11.3 Å². The molecule has 0 fully saturated rings. The first-order valence-electron chi connectivity index (χ1n) is 6.75. The van der Waals surface area contributed by atoms with Crippen molar-refractivity contribution in [2.24, 2.45) is 0 Å². The number of nitro groups is 1. The molecule has 0 radical (unpaired) electrons. The zero-order valence-electron chi connectivity index (χ0n) is 12.2. The molecule has 25 heavy (non-hydrogen) atoms. The summed E-state index contributed by atoms with van der Waals surface area (Å²) >= 11 is 0.893. The number of nitro benzene ring substituents is 1. The van der Waals surface area contributed by atoms with Gasteiger partial charge in [0.05, 0.1) is 15.2 Å². The third kappa shape index (κ3) is 3.58. The average molecular weight is 361 g/mol. The number of esters is 1. The van der Waals surface area contributed by atoms with Crippen LogP contribution in [0.1, 0.15) is 10.4 Å². The van der Waals surface area contributed by atoms with Gasteiger partial charge in [0.15, 0.2) is 5.58 Å². The number of carbonyl (C=O) groups is 1. The molecule has 11 heteroatoms. The number of rotatable bonds is 4. The van der Waals surface area contributed by atoms with E-state index in [9.17, 15) is 29.8 Å². The number of hydrogen-bond donors (Lipinski definition) is 2. The molecular weight excluding hydrogens is 353 g/mol. The molecular formula is C14H8BNO8S. The van der Waals surface area contributed by atoms with Crippen molar-refractivity contribution in [2.45, 2.75) is 0 Å². The van der Waals surface area contributed by atoms with Crippen LogP contribution in [0.4, 0.5) is 5.69 Å². The fourth-order valence-corrected chi connectivity index (χ4v) is 2.74. The quantitative estimate of drug-likeness (QED) is 0.227. The predicted molar refractivity (Wildman–Crippen MR) is 88.2 cm³/mol. The number of fused-ring (bicyclic) bond motifs is 1. The lowest BCUT2D eigenvalue weighted by atomic mass is 9.79. The maximum atomic E-state index is 12.2. The fourth-order valence-electron chi connectivity index (χ4n) is 2.09. The monoisotopic (exact) mass is 361 g/mol. The Morgan fingerprint density at radius 2 is 2.00 bits per heavy atom. The summed E-state index contributed by atoms with van der Waals surface area (Å²) in [7, 11) is -1.98. The van der Waals surface area contributed by atoms with Gasteiger partial charge in [0.25, 0.3) is 5.69 Å². The predicted octanol–water partition coefficient (Wildman–Crippen LogP) is 0.662. The van der Waals surface area contributed by atoms with E-state index in [0.717, 1.165) is 29.5 Å². The van der Waals surface area contributed by atoms with Crippen molar-refractivity contribution in [1.29, 1.82) is 0 Å². The van der Waals surface area contributed by atoms with Gasteiger partial charge in [0.2, 0.25) is 0 Å². The summed E-state index contributed by atoms with van der Waals surface area (Å²) in [6, 6.07) is 7.27. The first-order valence-corrected chi connectivity index (χ1v) is 7.56. The minimum atomic E-state index is -1.98. The number of carbonyl (C=O) groups excluding carboxylic acids is 1. The Morgan fingerprint density at radius 3 is 2.68 bits per heavy atom. The van der Waals surface area contributed by atoms with E-state index in [-0.39, 0.29) is 22.4 Å². The molecule has 0 aliphatic rings. The topological polar surface area (TPSA) is 140 Å². The highest BCUT2D eigenvalue weighted by molar-refractivity contribution is 7.16. The highest BCUT2D eigenvalue weighted by Crippen LogP contribution is 2.23. The van der Waals surface area contributed by atoms with Gasteiger partial charge in [-0.2, -0.15) is 0 Å². The second-order valence-corrected chi connectivity index (χ2v) is 5.87. The Balaban J connectivity index is 1.93. The molecule has 2 N–H and O–H groups in total. The van der Waals surface area contributed by atoms with E-state index in [4.69, 9.17) is 9.15 Å². The fraction of sp³-hybridized carbons (Fsp3) is 0. The Labute approximate surface area is 143 Å². The molecule has 1 heterocycles. The number of ether oxygens (including phenoxy) is 1. The molecule has 3 aromatic rings. The van der Waals surface area contributed by atoms with E-state index >= 15 is 0 Å². The van der Waals surface area contributed by atoms with Gasteiger partial charge in [-0.25, -0.2) is 9.59 Å². The van der Waals surface area contributed by atoms with Crippen molar-refractivity contribution in [2.75, 3.05) is 0 Å². The minimum Gasteiger partial charge on any atom is -0.423 e. The van der Waals surface area contributed by atoms with Crippen LogP contribution in [0.15, 0.2) is 45.6 Å². The summed E-state index contributed by atoms with van der Waals surface area (Å²) in [5, 5.41) is 29.3. The lowest BCUT2D eigenvalue weighted by Crippen LogP contribution is -2.31. The van der Waals surface area contributed by atoms with Crippen molar-refractivity contribution in [1.82, 2.24) is 0 Å². The van der Waals surface area contributed by atoms with E-state index in [0.29, 0.717) is 4.70 Å². The van der Waals surface area contributed by atoms with Crippen molar-refractivity contribution >= 4 is 45.9 Å². The Morgan fingerprint density at radius 1 is 1.24 bits per heavy atom. The van der Waals surface area contributed by atoms with Crippen LogP contribution < -0.4 is 15.1 Å². The van der Waals surface area contributed by atoms with E-state index in [1.165, 1.54) is 18.2 Å². The summed E-state index contributed by atoms with van der Waals surface area (Å²) < 4.78 is 10.6. The Bertz CT molecular complexity index is 1040. The van der Waals surface area contributed by atoms with Crippen molar-refractivity contribution < 1.29 is 28.9 Å². The molecule has 0 atom stereocenters. The van der Waals surface area contributed by atoms with Crippen LogP contribution in [-0.2, 0) is 0 Å². The van der Waals surface area contributed by atoms with Gasteiger partial charge in [-0.15, -0.1) is 0 Å². The van der Waals surface area contributed by atoms with Crippen molar-refractivity contribution in [3.05, 3.63) is 61.8 Å². The van der Waals surface area contributed by atoms with Gasteiger partial charge < -0.3 is 19.2 Å². The molecule has 0 unspecified atom stereocenters. The molecule has 0 aliphatic carbocycles. The van der Waals surface area contributed by atoms with E-state index < -0.39 is 28.6 Å². The highest BCUT2D eigenvalue weighted by atomic mass is 32.1. The molecule has 0 saturated carbocycles. The van der Waals surface area contributed by atoms with Gasteiger partial charge in [0, 0.05) is 18.2 Å². The number of benzene rings is 2. The minimum absolute atomic E-state index is 0.0663. The van der Waals surface area contributed by atoms with E-state index in [1.54, 1.807) is 0 Å². The van der Waals surface area contributed by atoms with E-state index in [2.05, 4.69) is 0 Å². The molecule has 0 amide bonds. The molecule has 126 valence electrons. The van der Waals surface area contributed by atoms with Crippen molar-refractivity contribution in [3.8, 4) is 5.75 Å². The van der Waals surface area contributed by atoms with Crippen LogP contribution in [0.5, 0.6) is 5.75 Å². The maximum Gasteiger partial charge on any atom is 0.488 e. The zero-order chi connectivity index (χ0) is 18.1. The largest absolute Gasteiger partial charge is 0.488 e. The molecule has 2 aromatic carbocycles. The lowest BCUT2D eigenvalue weighted by molar-refractivity contribution is -0.384. The number of hydrogen-bond acceptors (Lipinski definition) is 9. The molecule has 0 spiro atoms. The smallest absolute Gasteiger partial charge is 0.423 e. The average Bonchev–Trinajstić information content (AvgIpc) is 2.93. The van der Waals surface area contributed by atoms with Gasteiger partial charge in [0.1, 0.15) is 5.75 Å². The van der Waals surface area contributed by atoms with Gasteiger partial charge in [-0.3, -0.25) is 10.1 Å². The standard InChI is InChI=1S/C14H8BNO8S/c17-13(7-3-8(15(19)20)5-9(4-7)16(21)22)23-10-1-2-12-11(6-10)24-14(18)25-12/h1-6,19-20H.